The molecule has 2 aromatic heterocycles. The van der Waals surface area contributed by atoms with Crippen LogP contribution in [-0.2, 0) is 16.0 Å². The van der Waals surface area contributed by atoms with Gasteiger partial charge in [0.05, 0.1) is 14.2 Å². The molecule has 2 heterocycles. The van der Waals surface area contributed by atoms with Crippen molar-refractivity contribution in [2.75, 3.05) is 27.4 Å². The number of thiophene rings is 2. The van der Waals surface area contributed by atoms with Gasteiger partial charge in [0.25, 0.3) is 5.91 Å². The lowest BCUT2D eigenvalue weighted by molar-refractivity contribution is -0.132. The number of carbonyl (C=O) groups excluding carboxylic acids is 1. The van der Waals surface area contributed by atoms with E-state index in [0.29, 0.717) is 24.5 Å². The molecule has 3 aromatic rings. The third kappa shape index (κ3) is 5.42. The molecule has 1 unspecified atom stereocenters. The number of hydrogen-bond donors (Lipinski definition) is 1. The Morgan fingerprint density at radius 2 is 1.97 bits per heavy atom. The highest BCUT2D eigenvalue weighted by atomic mass is 32.1. The Labute approximate surface area is 184 Å². The first-order valence-electron chi connectivity index (χ1n) is 9.33. The van der Waals surface area contributed by atoms with Gasteiger partial charge in [-0.15, -0.1) is 29.1 Å². The quantitative estimate of drug-likeness (QED) is 0.469. The number of nitrogens with one attached hydrogen (secondary N) is 1. The van der Waals surface area contributed by atoms with Gasteiger partial charge in [-0.1, -0.05) is 18.1 Å². The van der Waals surface area contributed by atoms with E-state index in [1.54, 1.807) is 36.9 Å². The van der Waals surface area contributed by atoms with Crippen LogP contribution in [0.5, 0.6) is 11.5 Å². The summed E-state index contributed by atoms with van der Waals surface area (Å²) in [6.07, 6.45) is 5.26. The van der Waals surface area contributed by atoms with Crippen LogP contribution >= 0.6 is 22.7 Å². The van der Waals surface area contributed by atoms with Crippen LogP contribution in [0.25, 0.3) is 9.75 Å². The van der Waals surface area contributed by atoms with E-state index in [4.69, 9.17) is 20.6 Å². The second-order valence-electron chi connectivity index (χ2n) is 6.30. The molecule has 0 fully saturated rings. The van der Waals surface area contributed by atoms with Crippen molar-refractivity contribution >= 4 is 28.6 Å². The third-order valence-corrected chi connectivity index (χ3v) is 6.58. The smallest absolute Gasteiger partial charge is 0.254 e. The van der Waals surface area contributed by atoms with Crippen molar-refractivity contribution in [3.63, 3.8) is 0 Å². The summed E-state index contributed by atoms with van der Waals surface area (Å²) in [5.41, 5.74) is 1.03. The Morgan fingerprint density at radius 3 is 2.67 bits per heavy atom. The fourth-order valence-corrected chi connectivity index (χ4v) is 4.81. The molecule has 30 heavy (non-hydrogen) atoms. The van der Waals surface area contributed by atoms with E-state index < -0.39 is 6.10 Å². The fourth-order valence-electron chi connectivity index (χ4n) is 2.92. The molecular weight excluding hydrogens is 418 g/mol. The van der Waals surface area contributed by atoms with E-state index in [-0.39, 0.29) is 12.5 Å². The lowest BCUT2D eigenvalue weighted by Crippen LogP contribution is -2.32. The molecule has 0 bridgehead atoms. The minimum atomic E-state index is -0.731. The first kappa shape index (κ1) is 21.9. The molecule has 5 nitrogen and oxygen atoms in total. The van der Waals surface area contributed by atoms with Gasteiger partial charge in [0.2, 0.25) is 0 Å². The number of rotatable bonds is 10. The van der Waals surface area contributed by atoms with E-state index >= 15 is 0 Å². The molecule has 7 heteroatoms. The zero-order valence-electron chi connectivity index (χ0n) is 16.8. The lowest BCUT2D eigenvalue weighted by atomic mass is 10.1. The molecule has 0 saturated carbocycles. The number of hydrogen-bond acceptors (Lipinski definition) is 6. The van der Waals surface area contributed by atoms with Crippen molar-refractivity contribution in [2.24, 2.45) is 0 Å². The summed E-state index contributed by atoms with van der Waals surface area (Å²) in [6.45, 7) is 0.535. The fraction of sp³-hybridized carbons (Fsp3) is 0.261. The van der Waals surface area contributed by atoms with E-state index in [0.717, 1.165) is 20.2 Å². The molecular formula is C23H23NO4S2. The van der Waals surface area contributed by atoms with Crippen LogP contribution in [0, 0.1) is 12.3 Å². The number of methoxy groups -OCH3 is 2. The number of terminal acetylenes is 1. The first-order chi connectivity index (χ1) is 14.7. The molecule has 0 saturated heterocycles. The molecule has 0 radical (unpaired) electrons. The molecule has 0 spiro atoms. The van der Waals surface area contributed by atoms with Gasteiger partial charge in [-0.3, -0.25) is 4.79 Å². The molecule has 1 N–H and O–H groups in total. The Bertz CT molecular complexity index is 1000. The van der Waals surface area contributed by atoms with Crippen LogP contribution in [0.15, 0.2) is 47.8 Å². The van der Waals surface area contributed by atoms with Gasteiger partial charge in [-0.05, 0) is 47.7 Å². The van der Waals surface area contributed by atoms with Gasteiger partial charge in [-0.25, -0.2) is 0 Å². The highest BCUT2D eigenvalue weighted by molar-refractivity contribution is 7.21. The third-order valence-electron chi connectivity index (χ3n) is 4.38. The number of carbonyl (C=O) groups is 1. The maximum atomic E-state index is 12.8. The van der Waals surface area contributed by atoms with Crippen LogP contribution in [-0.4, -0.2) is 33.3 Å². The van der Waals surface area contributed by atoms with Crippen molar-refractivity contribution in [3.8, 4) is 33.6 Å². The maximum absolute atomic E-state index is 12.8. The predicted molar refractivity (Wildman–Crippen MR) is 121 cm³/mol. The van der Waals surface area contributed by atoms with Crippen molar-refractivity contribution in [3.05, 3.63) is 58.3 Å². The minimum absolute atomic E-state index is 0.0694. The van der Waals surface area contributed by atoms with Crippen LogP contribution in [0.1, 0.15) is 16.5 Å². The summed E-state index contributed by atoms with van der Waals surface area (Å²) >= 11 is 3.20. The van der Waals surface area contributed by atoms with E-state index in [2.05, 4.69) is 17.3 Å². The molecule has 0 aliphatic heterocycles. The summed E-state index contributed by atoms with van der Waals surface area (Å²) in [6, 6.07) is 13.7. The van der Waals surface area contributed by atoms with Gasteiger partial charge in [0.15, 0.2) is 17.6 Å². The highest BCUT2D eigenvalue weighted by Crippen LogP contribution is 2.35. The normalized spacial score (nSPS) is 11.5. The summed E-state index contributed by atoms with van der Waals surface area (Å²) in [7, 11) is 3.20. The summed E-state index contributed by atoms with van der Waals surface area (Å²) in [4.78, 5) is 15.9. The Hall–Kier alpha value is -2.79. The van der Waals surface area contributed by atoms with Gasteiger partial charge in [-0.2, -0.15) is 0 Å². The monoisotopic (exact) mass is 441 g/mol. The van der Waals surface area contributed by atoms with Crippen LogP contribution in [0.3, 0.4) is 0 Å². The topological polar surface area (TPSA) is 56.8 Å². The van der Waals surface area contributed by atoms with E-state index in [1.165, 1.54) is 0 Å². The SMILES string of the molecule is C#CCOC(C(=O)NCCc1ccc(OC)c(OC)c1)c1ccc(-c2cccs2)s1. The lowest BCUT2D eigenvalue weighted by Gasteiger charge is -2.15. The minimum Gasteiger partial charge on any atom is -0.493 e. The summed E-state index contributed by atoms with van der Waals surface area (Å²) < 4.78 is 16.3. The average Bonchev–Trinajstić information content (AvgIpc) is 3.46. The first-order valence-corrected chi connectivity index (χ1v) is 11.0. The van der Waals surface area contributed by atoms with E-state index in [9.17, 15) is 4.79 Å². The molecule has 3 rings (SSSR count). The summed E-state index contributed by atoms with van der Waals surface area (Å²) in [5.74, 6) is 3.57. The van der Waals surface area contributed by atoms with Crippen LogP contribution < -0.4 is 14.8 Å². The van der Waals surface area contributed by atoms with Gasteiger partial charge < -0.3 is 19.5 Å². The van der Waals surface area contributed by atoms with Crippen molar-refractivity contribution < 1.29 is 19.0 Å². The molecule has 1 atom stereocenters. The Balaban J connectivity index is 1.64. The average molecular weight is 442 g/mol. The second kappa shape index (κ2) is 10.8. The van der Waals surface area contributed by atoms with Crippen LogP contribution in [0.4, 0.5) is 0 Å². The molecule has 0 aliphatic carbocycles. The Kier molecular flexibility index (Phi) is 7.91. The van der Waals surface area contributed by atoms with Crippen molar-refractivity contribution in [1.82, 2.24) is 5.32 Å². The van der Waals surface area contributed by atoms with E-state index in [1.807, 2.05) is 41.8 Å². The molecule has 1 aromatic carbocycles. The predicted octanol–water partition coefficient (Wildman–Crippen LogP) is 4.54. The summed E-state index contributed by atoms with van der Waals surface area (Å²) in [5, 5.41) is 4.98. The number of ether oxygens (including phenoxy) is 3. The van der Waals surface area contributed by atoms with Gasteiger partial charge >= 0.3 is 0 Å². The highest BCUT2D eigenvalue weighted by Gasteiger charge is 2.23. The number of amides is 1. The Morgan fingerprint density at radius 1 is 1.13 bits per heavy atom. The zero-order valence-corrected chi connectivity index (χ0v) is 18.5. The number of benzene rings is 1. The van der Waals surface area contributed by atoms with Crippen LogP contribution in [0.2, 0.25) is 0 Å². The molecule has 1 amide bonds. The molecule has 156 valence electrons. The van der Waals surface area contributed by atoms with Crippen molar-refractivity contribution in [1.29, 1.82) is 0 Å². The van der Waals surface area contributed by atoms with Gasteiger partial charge in [0, 0.05) is 21.2 Å². The van der Waals surface area contributed by atoms with Crippen molar-refractivity contribution in [2.45, 2.75) is 12.5 Å². The van der Waals surface area contributed by atoms with Gasteiger partial charge in [0.1, 0.15) is 6.61 Å². The largest absolute Gasteiger partial charge is 0.493 e. The maximum Gasteiger partial charge on any atom is 0.254 e. The molecule has 0 aliphatic rings. The zero-order chi connectivity index (χ0) is 21.3. The second-order valence-corrected chi connectivity index (χ2v) is 8.37. The standard InChI is InChI=1S/C23H23NO4S2/c1-4-13-28-22(21-10-9-20(30-21)19-6-5-14-29-19)23(25)24-12-11-16-7-8-17(26-2)18(15-16)27-3/h1,5-10,14-15,22H,11-13H2,2-3H3,(H,24,25).